The first-order valence-corrected chi connectivity index (χ1v) is 7.49. The summed E-state index contributed by atoms with van der Waals surface area (Å²) in [5.74, 6) is 2.98. The monoisotopic (exact) mass is 280 g/mol. The van der Waals surface area contributed by atoms with Crippen molar-refractivity contribution in [3.8, 4) is 0 Å². The molecule has 0 fully saturated rings. The average molecular weight is 280 g/mol. The molecule has 5 nitrogen and oxygen atoms in total. The summed E-state index contributed by atoms with van der Waals surface area (Å²) < 4.78 is 15.0. The smallest absolute Gasteiger partial charge is 0.402 e. The van der Waals surface area contributed by atoms with Gasteiger partial charge in [0.25, 0.3) is 0 Å². The van der Waals surface area contributed by atoms with Crippen LogP contribution in [0.1, 0.15) is 20.3 Å². The van der Waals surface area contributed by atoms with Crippen molar-refractivity contribution < 1.29 is 24.2 Å². The van der Waals surface area contributed by atoms with Crippen molar-refractivity contribution in [2.24, 2.45) is 5.92 Å². The summed E-state index contributed by atoms with van der Waals surface area (Å²) >= 11 is 1.92. The lowest BCUT2D eigenvalue weighted by Gasteiger charge is -2.07. The lowest BCUT2D eigenvalue weighted by Crippen LogP contribution is -2.20. The molecule has 0 radical (unpaired) electrons. The highest BCUT2D eigenvalue weighted by Crippen LogP contribution is 2.08. The molecule has 0 aliphatic rings. The summed E-state index contributed by atoms with van der Waals surface area (Å²) in [5, 5.41) is 16.8. The van der Waals surface area contributed by atoms with Gasteiger partial charge in [-0.2, -0.15) is 11.8 Å². The molecule has 0 saturated carbocycles. The van der Waals surface area contributed by atoms with Gasteiger partial charge >= 0.3 is 7.32 Å². The van der Waals surface area contributed by atoms with Crippen molar-refractivity contribution in [2.45, 2.75) is 20.3 Å². The Kier molecular flexibility index (Phi) is 13.8. The highest BCUT2D eigenvalue weighted by atomic mass is 32.2. The van der Waals surface area contributed by atoms with Gasteiger partial charge in [-0.05, 0) is 18.1 Å². The molecule has 0 aliphatic carbocycles. The molecule has 0 amide bonds. The Morgan fingerprint density at radius 2 is 1.56 bits per heavy atom. The van der Waals surface area contributed by atoms with E-state index in [1.54, 1.807) is 0 Å². The van der Waals surface area contributed by atoms with Gasteiger partial charge in [0.2, 0.25) is 0 Å². The van der Waals surface area contributed by atoms with E-state index in [-0.39, 0.29) is 6.61 Å². The maximum Gasteiger partial charge on any atom is 0.633 e. The van der Waals surface area contributed by atoms with Gasteiger partial charge in [-0.15, -0.1) is 0 Å². The fourth-order valence-corrected chi connectivity index (χ4v) is 2.15. The van der Waals surface area contributed by atoms with E-state index in [0.717, 1.165) is 18.3 Å². The van der Waals surface area contributed by atoms with Crippen LogP contribution in [0.2, 0.25) is 0 Å². The lowest BCUT2D eigenvalue weighted by molar-refractivity contribution is 0.0339. The van der Waals surface area contributed by atoms with Crippen molar-refractivity contribution in [3.05, 3.63) is 0 Å². The number of thioether (sulfide) groups is 1. The van der Waals surface area contributed by atoms with Crippen LogP contribution >= 0.6 is 11.8 Å². The van der Waals surface area contributed by atoms with Crippen LogP contribution in [0.25, 0.3) is 0 Å². The van der Waals surface area contributed by atoms with Crippen LogP contribution in [0.4, 0.5) is 0 Å². The summed E-state index contributed by atoms with van der Waals surface area (Å²) in [6.45, 7) is 6.78. The molecule has 0 aromatic rings. The van der Waals surface area contributed by atoms with Crippen molar-refractivity contribution in [2.75, 3.05) is 44.5 Å². The maximum absolute atomic E-state index is 8.38. The molecule has 18 heavy (non-hydrogen) atoms. The minimum Gasteiger partial charge on any atom is -0.402 e. The third-order valence-corrected chi connectivity index (χ3v) is 3.06. The first-order valence-electron chi connectivity index (χ1n) is 6.34. The molecule has 0 aromatic heterocycles. The van der Waals surface area contributed by atoms with Crippen LogP contribution in [0.5, 0.6) is 0 Å². The van der Waals surface area contributed by atoms with Gasteiger partial charge in [-0.3, -0.25) is 0 Å². The maximum atomic E-state index is 8.38. The summed E-state index contributed by atoms with van der Waals surface area (Å²) in [4.78, 5) is 0. The molecule has 2 N–H and O–H groups in total. The van der Waals surface area contributed by atoms with E-state index in [4.69, 9.17) is 19.5 Å². The van der Waals surface area contributed by atoms with Crippen LogP contribution < -0.4 is 0 Å². The largest absolute Gasteiger partial charge is 0.633 e. The van der Waals surface area contributed by atoms with E-state index in [0.29, 0.717) is 19.8 Å². The van der Waals surface area contributed by atoms with E-state index in [2.05, 4.69) is 18.5 Å². The summed E-state index contributed by atoms with van der Waals surface area (Å²) in [6.07, 6.45) is 1.25. The lowest BCUT2D eigenvalue weighted by atomic mass is 10.2. The van der Waals surface area contributed by atoms with Gasteiger partial charge < -0.3 is 24.2 Å². The van der Waals surface area contributed by atoms with Gasteiger partial charge in [-0.25, -0.2) is 0 Å². The topological polar surface area (TPSA) is 68.2 Å². The van der Waals surface area contributed by atoms with Crippen molar-refractivity contribution >= 4 is 19.1 Å². The van der Waals surface area contributed by atoms with E-state index >= 15 is 0 Å². The van der Waals surface area contributed by atoms with Crippen LogP contribution in [-0.2, 0) is 14.1 Å². The third kappa shape index (κ3) is 16.2. The van der Waals surface area contributed by atoms with Crippen LogP contribution in [0, 0.1) is 5.92 Å². The van der Waals surface area contributed by atoms with Crippen molar-refractivity contribution in [3.63, 3.8) is 0 Å². The fourth-order valence-electron chi connectivity index (χ4n) is 1.07. The number of hydrogen-bond acceptors (Lipinski definition) is 6. The van der Waals surface area contributed by atoms with E-state index < -0.39 is 7.32 Å². The molecular formula is C11H25BO5S. The van der Waals surface area contributed by atoms with Crippen molar-refractivity contribution in [1.82, 2.24) is 0 Å². The molecule has 0 unspecified atom stereocenters. The highest BCUT2D eigenvalue weighted by molar-refractivity contribution is 7.99. The Balaban J connectivity index is 2.95. The Morgan fingerprint density at radius 1 is 0.944 bits per heavy atom. The van der Waals surface area contributed by atoms with Gasteiger partial charge in [0.1, 0.15) is 0 Å². The van der Waals surface area contributed by atoms with Gasteiger partial charge in [-0.1, -0.05) is 13.8 Å². The van der Waals surface area contributed by atoms with Crippen LogP contribution in [0.15, 0.2) is 0 Å². The first kappa shape index (κ1) is 18.2. The quantitative estimate of drug-likeness (QED) is 0.384. The zero-order valence-electron chi connectivity index (χ0n) is 11.3. The molecule has 0 bridgehead atoms. The average Bonchev–Trinajstić information content (AvgIpc) is 2.29. The van der Waals surface area contributed by atoms with Crippen molar-refractivity contribution in [1.29, 1.82) is 0 Å². The molecule has 0 aliphatic heterocycles. The predicted molar refractivity (Wildman–Crippen MR) is 74.6 cm³/mol. The Hall–Kier alpha value is 0.215. The molecule has 0 aromatic carbocycles. The third-order valence-electron chi connectivity index (χ3n) is 2.08. The fraction of sp³-hybridized carbons (Fsp3) is 1.00. The SMILES string of the molecule is CC(C)CCSCCOCCOCCOB(O)O. The second-order valence-corrected chi connectivity index (χ2v) is 5.44. The molecular weight excluding hydrogens is 255 g/mol. The Bertz CT molecular complexity index is 154. The van der Waals surface area contributed by atoms with E-state index in [1.807, 2.05) is 11.8 Å². The first-order chi connectivity index (χ1) is 8.63. The number of hydrogen-bond donors (Lipinski definition) is 2. The minimum absolute atomic E-state index is 0.169. The summed E-state index contributed by atoms with van der Waals surface area (Å²) in [5.41, 5.74) is 0. The second kappa shape index (κ2) is 13.6. The molecule has 0 heterocycles. The molecule has 0 atom stereocenters. The summed E-state index contributed by atoms with van der Waals surface area (Å²) in [6, 6.07) is 0. The predicted octanol–water partition coefficient (Wildman–Crippen LogP) is 0.785. The Morgan fingerprint density at radius 3 is 2.17 bits per heavy atom. The molecule has 0 saturated heterocycles. The van der Waals surface area contributed by atoms with Crippen LogP contribution in [0.3, 0.4) is 0 Å². The zero-order valence-corrected chi connectivity index (χ0v) is 12.2. The standard InChI is InChI=1S/C11H25BO5S/c1-11(2)3-9-18-10-8-16-5-4-15-6-7-17-12(13)14/h11,13-14H,3-10H2,1-2H3. The second-order valence-electron chi connectivity index (χ2n) is 4.22. The van der Waals surface area contributed by atoms with E-state index in [1.165, 1.54) is 12.2 Å². The summed E-state index contributed by atoms with van der Waals surface area (Å²) in [7, 11) is -1.72. The molecule has 0 spiro atoms. The number of ether oxygens (including phenoxy) is 2. The molecule has 108 valence electrons. The highest BCUT2D eigenvalue weighted by Gasteiger charge is 2.06. The normalized spacial score (nSPS) is 11.2. The molecule has 7 heteroatoms. The zero-order chi connectivity index (χ0) is 13.6. The Labute approximate surface area is 114 Å². The van der Waals surface area contributed by atoms with E-state index in [9.17, 15) is 0 Å². The molecule has 0 rings (SSSR count). The van der Waals surface area contributed by atoms with Gasteiger partial charge in [0.05, 0.1) is 33.0 Å². The number of rotatable bonds is 13. The van der Waals surface area contributed by atoms with Crippen LogP contribution in [-0.4, -0.2) is 61.9 Å². The minimum atomic E-state index is -1.72. The van der Waals surface area contributed by atoms with Gasteiger partial charge in [0, 0.05) is 5.75 Å². The van der Waals surface area contributed by atoms with Gasteiger partial charge in [0.15, 0.2) is 0 Å².